The topological polar surface area (TPSA) is 131 Å². The van der Waals surface area contributed by atoms with E-state index < -0.39 is 26.5 Å². The molecule has 3 N–H and O–H groups in total. The second-order valence-corrected chi connectivity index (χ2v) is 15.0. The second kappa shape index (κ2) is 38.0. The van der Waals surface area contributed by atoms with Gasteiger partial charge in [-0.05, 0) is 44.9 Å². The largest absolute Gasteiger partial charge is 0.472 e. The van der Waals surface area contributed by atoms with Crippen LogP contribution in [0.5, 0.6) is 0 Å². The number of hydrogen-bond donors (Lipinski definition) is 3. The molecule has 0 aromatic rings. The summed E-state index contributed by atoms with van der Waals surface area (Å²) >= 11 is 0. The minimum absolute atomic E-state index is 0.0663. The van der Waals surface area contributed by atoms with Crippen molar-refractivity contribution in [2.24, 2.45) is 0 Å². The van der Waals surface area contributed by atoms with Gasteiger partial charge in [0.25, 0.3) is 0 Å². The van der Waals surface area contributed by atoms with E-state index in [1.807, 2.05) is 0 Å². The van der Waals surface area contributed by atoms with Crippen molar-refractivity contribution in [3.8, 4) is 0 Å². The van der Waals surface area contributed by atoms with Crippen molar-refractivity contribution in [2.45, 2.75) is 187 Å². The summed E-state index contributed by atoms with van der Waals surface area (Å²) in [6, 6.07) is 0. The number of esters is 1. The van der Waals surface area contributed by atoms with E-state index in [1.54, 1.807) is 0 Å². The van der Waals surface area contributed by atoms with Crippen LogP contribution in [0.25, 0.3) is 0 Å². The third-order valence-electron chi connectivity index (χ3n) is 8.58. The van der Waals surface area contributed by atoms with E-state index in [9.17, 15) is 24.2 Å². The van der Waals surface area contributed by atoms with Crippen LogP contribution in [-0.2, 0) is 27.9 Å². The quantitative estimate of drug-likeness (QED) is 0.0247. The lowest BCUT2D eigenvalue weighted by atomic mass is 10.0. The van der Waals surface area contributed by atoms with Gasteiger partial charge in [0.1, 0.15) is 12.7 Å². The Morgan fingerprint density at radius 3 is 1.69 bits per heavy atom. The van der Waals surface area contributed by atoms with Gasteiger partial charge >= 0.3 is 13.8 Å². The summed E-state index contributed by atoms with van der Waals surface area (Å²) in [6.45, 7) is 3.41. The Bertz CT molecular complexity index is 939. The number of hydrogen-bond acceptors (Lipinski definition) is 7. The standard InChI is InChI=1S/C41H76NO8P/c1-3-5-7-9-11-13-15-17-18-19-20-22-24-26-28-30-32-34-41(45)48-37-39(43)38-50-51(46,47)49-36-35-42-40(44)33-31-29-27-25-23-21-16-14-12-10-8-6-4-2/h6,8,12,14,21,23,39,43H,3-5,7,9-11,13,15-20,22,24-38H2,1-2H3,(H,42,44)(H,46,47)/b8-6-,14-12-,23-21-. The van der Waals surface area contributed by atoms with E-state index in [0.717, 1.165) is 64.2 Å². The van der Waals surface area contributed by atoms with Crippen LogP contribution in [0.2, 0.25) is 0 Å². The summed E-state index contributed by atoms with van der Waals surface area (Å²) in [5, 5.41) is 12.7. The average molecular weight is 742 g/mol. The SMILES string of the molecule is CC/C=C\C/C=C\C/C=C\CCCCCC(=O)NCCOP(=O)(O)OCC(O)COC(=O)CCCCCCCCCCCCCCCCCCC. The van der Waals surface area contributed by atoms with Gasteiger partial charge in [-0.15, -0.1) is 0 Å². The number of ether oxygens (including phenoxy) is 1. The first-order valence-corrected chi connectivity index (χ1v) is 22.0. The molecule has 0 aliphatic heterocycles. The van der Waals surface area contributed by atoms with Crippen LogP contribution in [-0.4, -0.2) is 54.3 Å². The van der Waals surface area contributed by atoms with Crippen molar-refractivity contribution in [1.29, 1.82) is 0 Å². The fourth-order valence-corrected chi connectivity index (χ4v) is 6.27. The fraction of sp³-hybridized carbons (Fsp3) is 0.805. The first-order chi connectivity index (χ1) is 24.8. The van der Waals surface area contributed by atoms with Crippen LogP contribution in [0, 0.1) is 0 Å². The number of nitrogens with one attached hydrogen (secondary N) is 1. The van der Waals surface area contributed by atoms with Gasteiger partial charge in [0.05, 0.1) is 13.2 Å². The number of allylic oxidation sites excluding steroid dienone is 6. The third-order valence-corrected chi connectivity index (χ3v) is 9.57. The zero-order valence-electron chi connectivity index (χ0n) is 32.5. The van der Waals surface area contributed by atoms with Gasteiger partial charge in [0, 0.05) is 19.4 Å². The molecule has 0 aromatic carbocycles. The molecule has 0 bridgehead atoms. The lowest BCUT2D eigenvalue weighted by Crippen LogP contribution is -2.27. The maximum Gasteiger partial charge on any atom is 0.472 e. The van der Waals surface area contributed by atoms with E-state index in [2.05, 4.69) is 55.6 Å². The summed E-state index contributed by atoms with van der Waals surface area (Å²) in [5.74, 6) is -0.544. The van der Waals surface area contributed by atoms with Crippen molar-refractivity contribution in [1.82, 2.24) is 5.32 Å². The number of phosphoric ester groups is 1. The van der Waals surface area contributed by atoms with E-state index in [1.165, 1.54) is 89.9 Å². The van der Waals surface area contributed by atoms with Crippen molar-refractivity contribution in [2.75, 3.05) is 26.4 Å². The maximum atomic E-state index is 12.1. The monoisotopic (exact) mass is 742 g/mol. The number of aliphatic hydroxyl groups excluding tert-OH is 1. The highest BCUT2D eigenvalue weighted by molar-refractivity contribution is 7.47. The van der Waals surface area contributed by atoms with Crippen LogP contribution in [0.3, 0.4) is 0 Å². The van der Waals surface area contributed by atoms with Crippen LogP contribution in [0.4, 0.5) is 0 Å². The molecule has 0 aromatic heterocycles. The molecule has 0 fully saturated rings. The molecule has 0 rings (SSSR count). The Labute approximate surface area is 312 Å². The first kappa shape index (κ1) is 49.2. The number of phosphoric acid groups is 1. The lowest BCUT2D eigenvalue weighted by Gasteiger charge is -2.15. The molecule has 10 heteroatoms. The highest BCUT2D eigenvalue weighted by Gasteiger charge is 2.23. The summed E-state index contributed by atoms with van der Waals surface area (Å²) in [5.41, 5.74) is 0. The smallest absolute Gasteiger partial charge is 0.463 e. The molecule has 0 aliphatic carbocycles. The summed E-state index contributed by atoms with van der Waals surface area (Å²) in [6.07, 6.45) is 40.8. The Kier molecular flexibility index (Phi) is 36.7. The zero-order valence-corrected chi connectivity index (χ0v) is 33.4. The van der Waals surface area contributed by atoms with Crippen molar-refractivity contribution in [3.63, 3.8) is 0 Å². The highest BCUT2D eigenvalue weighted by atomic mass is 31.2. The zero-order chi connectivity index (χ0) is 37.5. The molecular weight excluding hydrogens is 665 g/mol. The Morgan fingerprint density at radius 1 is 0.627 bits per heavy atom. The van der Waals surface area contributed by atoms with Crippen molar-refractivity contribution >= 4 is 19.7 Å². The molecule has 0 saturated heterocycles. The third kappa shape index (κ3) is 39.3. The molecule has 2 atom stereocenters. The fourth-order valence-electron chi connectivity index (χ4n) is 5.51. The molecule has 0 heterocycles. The van der Waals surface area contributed by atoms with Crippen LogP contribution in [0.15, 0.2) is 36.5 Å². The molecule has 0 saturated carbocycles. The van der Waals surface area contributed by atoms with E-state index in [4.69, 9.17) is 13.8 Å². The Balaban J connectivity index is 3.62. The lowest BCUT2D eigenvalue weighted by molar-refractivity contribution is -0.147. The van der Waals surface area contributed by atoms with Gasteiger partial charge in [-0.2, -0.15) is 0 Å². The maximum absolute atomic E-state index is 12.1. The minimum atomic E-state index is -4.42. The molecule has 1 amide bonds. The molecule has 298 valence electrons. The van der Waals surface area contributed by atoms with Gasteiger partial charge in [-0.25, -0.2) is 4.57 Å². The predicted octanol–water partition coefficient (Wildman–Crippen LogP) is 11.0. The molecule has 2 unspecified atom stereocenters. The van der Waals surface area contributed by atoms with Gasteiger partial charge in [0.15, 0.2) is 0 Å². The molecule has 0 aliphatic rings. The minimum Gasteiger partial charge on any atom is -0.463 e. The second-order valence-electron chi connectivity index (χ2n) is 13.6. The van der Waals surface area contributed by atoms with Gasteiger partial charge in [-0.3, -0.25) is 18.6 Å². The van der Waals surface area contributed by atoms with Crippen LogP contribution >= 0.6 is 7.82 Å². The molecule has 0 radical (unpaired) electrons. The van der Waals surface area contributed by atoms with Crippen LogP contribution < -0.4 is 5.32 Å². The van der Waals surface area contributed by atoms with Crippen molar-refractivity contribution < 1.29 is 37.9 Å². The molecule has 51 heavy (non-hydrogen) atoms. The van der Waals surface area contributed by atoms with Gasteiger partial charge in [0.2, 0.25) is 5.91 Å². The first-order valence-electron chi connectivity index (χ1n) is 20.5. The molecular formula is C41H76NO8P. The highest BCUT2D eigenvalue weighted by Crippen LogP contribution is 2.42. The Hall–Kier alpha value is -1.77. The number of aliphatic hydroxyl groups is 1. The summed E-state index contributed by atoms with van der Waals surface area (Å²) < 4.78 is 26.8. The van der Waals surface area contributed by atoms with Crippen molar-refractivity contribution in [3.05, 3.63) is 36.5 Å². The van der Waals surface area contributed by atoms with Gasteiger partial charge < -0.3 is 20.1 Å². The summed E-state index contributed by atoms with van der Waals surface area (Å²) in [4.78, 5) is 33.8. The Morgan fingerprint density at radius 2 is 1.12 bits per heavy atom. The average Bonchev–Trinajstić information content (AvgIpc) is 3.11. The number of carbonyl (C=O) groups excluding carboxylic acids is 2. The number of rotatable bonds is 38. The molecule has 9 nitrogen and oxygen atoms in total. The predicted molar refractivity (Wildman–Crippen MR) is 211 cm³/mol. The van der Waals surface area contributed by atoms with E-state index in [-0.39, 0.29) is 32.1 Å². The number of unbranched alkanes of at least 4 members (excludes halogenated alkanes) is 19. The number of amides is 1. The molecule has 0 spiro atoms. The van der Waals surface area contributed by atoms with Crippen LogP contribution in [0.1, 0.15) is 181 Å². The van der Waals surface area contributed by atoms with E-state index in [0.29, 0.717) is 6.42 Å². The van der Waals surface area contributed by atoms with E-state index >= 15 is 0 Å². The van der Waals surface area contributed by atoms with Gasteiger partial charge in [-0.1, -0.05) is 159 Å². The normalized spacial score (nSPS) is 13.7. The summed E-state index contributed by atoms with van der Waals surface area (Å²) in [7, 11) is -4.42. The number of carbonyl (C=O) groups is 2.